The first kappa shape index (κ1) is 13.5. The lowest BCUT2D eigenvalue weighted by Crippen LogP contribution is -2.23. The van der Waals surface area contributed by atoms with E-state index in [1.807, 2.05) is 25.1 Å². The van der Waals surface area contributed by atoms with Gasteiger partial charge in [0.05, 0.1) is 5.69 Å². The SMILES string of the molecule is Cc1ccc(NC(=O)[C@@H]2CC=CCC2)c(-c2ncn[nH]2)c1. The predicted molar refractivity (Wildman–Crippen MR) is 81.7 cm³/mol. The van der Waals surface area contributed by atoms with Crippen LogP contribution in [0.1, 0.15) is 24.8 Å². The zero-order valence-corrected chi connectivity index (χ0v) is 12.0. The topological polar surface area (TPSA) is 70.7 Å². The first-order chi connectivity index (χ1) is 10.2. The van der Waals surface area contributed by atoms with E-state index in [1.54, 1.807) is 0 Å². The summed E-state index contributed by atoms with van der Waals surface area (Å²) in [7, 11) is 0. The maximum atomic E-state index is 12.4. The second kappa shape index (κ2) is 5.91. The van der Waals surface area contributed by atoms with Crippen molar-refractivity contribution in [2.45, 2.75) is 26.2 Å². The van der Waals surface area contributed by atoms with Gasteiger partial charge in [-0.25, -0.2) is 4.98 Å². The van der Waals surface area contributed by atoms with E-state index < -0.39 is 0 Å². The summed E-state index contributed by atoms with van der Waals surface area (Å²) in [5.41, 5.74) is 2.75. The van der Waals surface area contributed by atoms with E-state index in [2.05, 4.69) is 32.7 Å². The van der Waals surface area contributed by atoms with Gasteiger partial charge in [0.2, 0.25) is 5.91 Å². The molecule has 0 unspecified atom stereocenters. The maximum absolute atomic E-state index is 12.4. The Balaban J connectivity index is 1.85. The lowest BCUT2D eigenvalue weighted by atomic mass is 9.93. The second-order valence-electron chi connectivity index (χ2n) is 5.35. The number of hydrogen-bond donors (Lipinski definition) is 2. The van der Waals surface area contributed by atoms with Crippen molar-refractivity contribution >= 4 is 11.6 Å². The van der Waals surface area contributed by atoms with Crippen molar-refractivity contribution in [2.24, 2.45) is 5.92 Å². The predicted octanol–water partition coefficient (Wildman–Crippen LogP) is 3.07. The molecule has 1 aliphatic carbocycles. The Bertz CT molecular complexity index is 661. The van der Waals surface area contributed by atoms with Crippen LogP contribution in [0.25, 0.3) is 11.4 Å². The summed E-state index contributed by atoms with van der Waals surface area (Å²) in [6, 6.07) is 5.90. The number of nitrogens with one attached hydrogen (secondary N) is 2. The van der Waals surface area contributed by atoms with Gasteiger partial charge in [-0.05, 0) is 38.3 Å². The van der Waals surface area contributed by atoms with Crippen LogP contribution in [0.2, 0.25) is 0 Å². The van der Waals surface area contributed by atoms with E-state index in [9.17, 15) is 4.79 Å². The molecule has 0 fully saturated rings. The van der Waals surface area contributed by atoms with Gasteiger partial charge in [0.1, 0.15) is 6.33 Å². The fraction of sp³-hybridized carbons (Fsp3) is 0.312. The maximum Gasteiger partial charge on any atom is 0.227 e. The molecule has 5 heteroatoms. The fourth-order valence-electron chi connectivity index (χ4n) is 2.56. The van der Waals surface area contributed by atoms with Gasteiger partial charge in [0.25, 0.3) is 0 Å². The zero-order chi connectivity index (χ0) is 14.7. The molecule has 1 aromatic carbocycles. The van der Waals surface area contributed by atoms with Crippen LogP contribution in [0.3, 0.4) is 0 Å². The molecule has 1 aromatic heterocycles. The van der Waals surface area contributed by atoms with Gasteiger partial charge in [-0.1, -0.05) is 23.8 Å². The third-order valence-corrected chi connectivity index (χ3v) is 3.74. The largest absolute Gasteiger partial charge is 0.325 e. The van der Waals surface area contributed by atoms with Crippen LogP contribution >= 0.6 is 0 Å². The van der Waals surface area contributed by atoms with Crippen LogP contribution in [0, 0.1) is 12.8 Å². The van der Waals surface area contributed by atoms with E-state index in [0.29, 0.717) is 5.82 Å². The van der Waals surface area contributed by atoms with Crippen LogP contribution in [0.4, 0.5) is 5.69 Å². The highest BCUT2D eigenvalue weighted by Gasteiger charge is 2.20. The number of carbonyl (C=O) groups excluding carboxylic acids is 1. The minimum Gasteiger partial charge on any atom is -0.325 e. The number of aromatic amines is 1. The molecule has 108 valence electrons. The number of nitrogens with zero attached hydrogens (tertiary/aromatic N) is 2. The summed E-state index contributed by atoms with van der Waals surface area (Å²) in [5.74, 6) is 0.792. The highest BCUT2D eigenvalue weighted by atomic mass is 16.1. The lowest BCUT2D eigenvalue weighted by molar-refractivity contribution is -0.120. The first-order valence-electron chi connectivity index (χ1n) is 7.16. The smallest absolute Gasteiger partial charge is 0.227 e. The number of benzene rings is 1. The number of aromatic nitrogens is 3. The van der Waals surface area contributed by atoms with Gasteiger partial charge >= 0.3 is 0 Å². The Morgan fingerprint density at radius 2 is 2.29 bits per heavy atom. The minimum absolute atomic E-state index is 0.0545. The van der Waals surface area contributed by atoms with Crippen LogP contribution in [0.5, 0.6) is 0 Å². The van der Waals surface area contributed by atoms with Crippen molar-refractivity contribution in [3.63, 3.8) is 0 Å². The van der Waals surface area contributed by atoms with E-state index in [4.69, 9.17) is 0 Å². The van der Waals surface area contributed by atoms with E-state index in [0.717, 1.165) is 36.1 Å². The van der Waals surface area contributed by atoms with E-state index in [-0.39, 0.29) is 11.8 Å². The molecule has 0 saturated heterocycles. The van der Waals surface area contributed by atoms with E-state index in [1.165, 1.54) is 6.33 Å². The van der Waals surface area contributed by atoms with Gasteiger partial charge in [0.15, 0.2) is 5.82 Å². The number of carbonyl (C=O) groups is 1. The molecule has 1 atom stereocenters. The minimum atomic E-state index is 0.0545. The normalized spacial score (nSPS) is 17.7. The molecule has 5 nitrogen and oxygen atoms in total. The molecule has 2 aromatic rings. The van der Waals surface area contributed by atoms with Gasteiger partial charge in [-0.3, -0.25) is 9.89 Å². The molecule has 0 saturated carbocycles. The molecule has 21 heavy (non-hydrogen) atoms. The van der Waals surface area contributed by atoms with Crippen molar-refractivity contribution in [3.8, 4) is 11.4 Å². The average molecular weight is 282 g/mol. The number of hydrogen-bond acceptors (Lipinski definition) is 3. The van der Waals surface area contributed by atoms with Crippen LogP contribution < -0.4 is 5.32 Å². The third-order valence-electron chi connectivity index (χ3n) is 3.74. The first-order valence-corrected chi connectivity index (χ1v) is 7.16. The highest BCUT2D eigenvalue weighted by molar-refractivity contribution is 5.96. The number of amides is 1. The summed E-state index contributed by atoms with van der Waals surface area (Å²) < 4.78 is 0. The summed E-state index contributed by atoms with van der Waals surface area (Å²) >= 11 is 0. The number of allylic oxidation sites excluding steroid dienone is 2. The molecule has 1 amide bonds. The molecule has 0 bridgehead atoms. The fourth-order valence-corrected chi connectivity index (χ4v) is 2.56. The summed E-state index contributed by atoms with van der Waals surface area (Å²) in [6.45, 7) is 2.01. The van der Waals surface area contributed by atoms with Crippen LogP contribution in [-0.4, -0.2) is 21.1 Å². The van der Waals surface area contributed by atoms with Gasteiger partial charge in [-0.15, -0.1) is 0 Å². The van der Waals surface area contributed by atoms with Crippen molar-refractivity contribution < 1.29 is 4.79 Å². The Labute approximate surface area is 123 Å². The van der Waals surface area contributed by atoms with E-state index >= 15 is 0 Å². The van der Waals surface area contributed by atoms with Gasteiger partial charge < -0.3 is 5.32 Å². The Morgan fingerprint density at radius 1 is 1.38 bits per heavy atom. The molecular weight excluding hydrogens is 264 g/mol. The quantitative estimate of drug-likeness (QED) is 0.850. The van der Waals surface area contributed by atoms with Crippen molar-refractivity contribution in [1.82, 2.24) is 15.2 Å². The van der Waals surface area contributed by atoms with Crippen molar-refractivity contribution in [1.29, 1.82) is 0 Å². The molecule has 1 aliphatic rings. The number of anilines is 1. The molecule has 0 radical (unpaired) electrons. The Morgan fingerprint density at radius 3 is 3.00 bits per heavy atom. The van der Waals surface area contributed by atoms with Crippen LogP contribution in [-0.2, 0) is 4.79 Å². The summed E-state index contributed by atoms with van der Waals surface area (Å²) in [5, 5.41) is 9.77. The monoisotopic (exact) mass is 282 g/mol. The van der Waals surface area contributed by atoms with Crippen molar-refractivity contribution in [2.75, 3.05) is 5.32 Å². The zero-order valence-electron chi connectivity index (χ0n) is 12.0. The lowest BCUT2D eigenvalue weighted by Gasteiger charge is -2.18. The van der Waals surface area contributed by atoms with Gasteiger partial charge in [-0.2, -0.15) is 5.10 Å². The number of H-pyrrole nitrogens is 1. The molecule has 3 rings (SSSR count). The second-order valence-corrected chi connectivity index (χ2v) is 5.35. The average Bonchev–Trinajstić information content (AvgIpc) is 3.04. The van der Waals surface area contributed by atoms with Crippen molar-refractivity contribution in [3.05, 3.63) is 42.2 Å². The highest BCUT2D eigenvalue weighted by Crippen LogP contribution is 2.28. The molecule has 0 spiro atoms. The van der Waals surface area contributed by atoms with Gasteiger partial charge in [0, 0.05) is 11.5 Å². The molecular formula is C16H18N4O. The van der Waals surface area contributed by atoms with Crippen LogP contribution in [0.15, 0.2) is 36.7 Å². The number of aryl methyl sites for hydroxylation is 1. The molecule has 2 N–H and O–H groups in total. The number of rotatable bonds is 3. The molecule has 1 heterocycles. The molecule has 0 aliphatic heterocycles. The summed E-state index contributed by atoms with van der Waals surface area (Å²) in [4.78, 5) is 16.6. The Kier molecular flexibility index (Phi) is 3.81. The third kappa shape index (κ3) is 3.02. The Hall–Kier alpha value is -2.43. The summed E-state index contributed by atoms with van der Waals surface area (Å²) in [6.07, 6.45) is 8.38. The standard InChI is InChI=1S/C16H18N4O/c1-11-7-8-14(13(9-11)15-17-10-18-20-15)19-16(21)12-5-3-2-4-6-12/h2-3,7-10,12H,4-6H2,1H3,(H,19,21)(H,17,18,20)/t12-/m1/s1.